The van der Waals surface area contributed by atoms with E-state index in [1.165, 1.54) is 49.0 Å². The SMILES string of the molecule is O=Nc1sccc1C1CCCCC1. The molecule has 2 nitrogen and oxygen atoms in total. The second-order valence-electron chi connectivity index (χ2n) is 3.61. The molecule has 0 bridgehead atoms. The highest BCUT2D eigenvalue weighted by molar-refractivity contribution is 7.14. The van der Waals surface area contributed by atoms with E-state index in [0.29, 0.717) is 10.9 Å². The molecule has 1 saturated carbocycles. The van der Waals surface area contributed by atoms with Crippen LogP contribution in [0.4, 0.5) is 5.00 Å². The summed E-state index contributed by atoms with van der Waals surface area (Å²) >= 11 is 1.46. The van der Waals surface area contributed by atoms with Gasteiger partial charge >= 0.3 is 0 Å². The van der Waals surface area contributed by atoms with E-state index in [-0.39, 0.29) is 0 Å². The van der Waals surface area contributed by atoms with Gasteiger partial charge in [0.25, 0.3) is 0 Å². The molecule has 0 N–H and O–H groups in total. The zero-order valence-corrected chi connectivity index (χ0v) is 8.35. The van der Waals surface area contributed by atoms with E-state index in [2.05, 4.69) is 11.2 Å². The van der Waals surface area contributed by atoms with Gasteiger partial charge in [0, 0.05) is 0 Å². The molecule has 0 radical (unpaired) electrons. The second-order valence-corrected chi connectivity index (χ2v) is 4.50. The summed E-state index contributed by atoms with van der Waals surface area (Å²) in [6.45, 7) is 0. The minimum Gasteiger partial charge on any atom is -0.144 e. The lowest BCUT2D eigenvalue weighted by Gasteiger charge is -2.20. The minimum absolute atomic E-state index is 0.604. The number of nitrogens with zero attached hydrogens (tertiary/aromatic N) is 1. The van der Waals surface area contributed by atoms with Crippen molar-refractivity contribution in [2.75, 3.05) is 0 Å². The first kappa shape index (κ1) is 8.88. The van der Waals surface area contributed by atoms with E-state index >= 15 is 0 Å². The predicted molar refractivity (Wildman–Crippen MR) is 55.6 cm³/mol. The summed E-state index contributed by atoms with van der Waals surface area (Å²) in [5.74, 6) is 0.604. The average molecular weight is 195 g/mol. The fourth-order valence-electron chi connectivity index (χ4n) is 2.11. The van der Waals surface area contributed by atoms with Crippen LogP contribution in [-0.2, 0) is 0 Å². The van der Waals surface area contributed by atoms with Gasteiger partial charge in [-0.05, 0) is 40.9 Å². The first-order valence-corrected chi connectivity index (χ1v) is 5.70. The normalized spacial score (nSPS) is 18.8. The third kappa shape index (κ3) is 1.80. The van der Waals surface area contributed by atoms with Crippen LogP contribution in [0.2, 0.25) is 0 Å². The minimum atomic E-state index is 0.604. The highest BCUT2D eigenvalue weighted by Crippen LogP contribution is 2.40. The molecular formula is C10H13NOS. The topological polar surface area (TPSA) is 29.4 Å². The smallest absolute Gasteiger partial charge is 0.144 e. The number of rotatable bonds is 2. The summed E-state index contributed by atoms with van der Waals surface area (Å²) in [5.41, 5.74) is 1.19. The molecule has 0 atom stereocenters. The van der Waals surface area contributed by atoms with Crippen molar-refractivity contribution in [3.8, 4) is 0 Å². The molecule has 1 aromatic heterocycles. The van der Waals surface area contributed by atoms with Crippen molar-refractivity contribution >= 4 is 16.3 Å². The van der Waals surface area contributed by atoms with Gasteiger partial charge in [-0.1, -0.05) is 19.3 Å². The Labute approximate surface area is 82.0 Å². The van der Waals surface area contributed by atoms with Gasteiger partial charge in [-0.3, -0.25) is 0 Å². The van der Waals surface area contributed by atoms with Crippen LogP contribution in [0.1, 0.15) is 43.6 Å². The van der Waals surface area contributed by atoms with Gasteiger partial charge < -0.3 is 0 Å². The van der Waals surface area contributed by atoms with Gasteiger partial charge in [-0.2, -0.15) is 0 Å². The fraction of sp³-hybridized carbons (Fsp3) is 0.600. The van der Waals surface area contributed by atoms with Crippen LogP contribution in [0, 0.1) is 4.91 Å². The first-order valence-electron chi connectivity index (χ1n) is 4.82. The zero-order valence-electron chi connectivity index (χ0n) is 7.53. The quantitative estimate of drug-likeness (QED) is 0.650. The largest absolute Gasteiger partial charge is 0.164 e. The summed E-state index contributed by atoms with van der Waals surface area (Å²) in [7, 11) is 0. The second kappa shape index (κ2) is 4.01. The lowest BCUT2D eigenvalue weighted by atomic mass is 9.85. The summed E-state index contributed by atoms with van der Waals surface area (Å²) in [6.07, 6.45) is 6.43. The van der Waals surface area contributed by atoms with Gasteiger partial charge in [0.1, 0.15) is 0 Å². The molecule has 1 aromatic rings. The summed E-state index contributed by atoms with van der Waals surface area (Å²) < 4.78 is 0. The van der Waals surface area contributed by atoms with Crippen molar-refractivity contribution in [3.63, 3.8) is 0 Å². The van der Waals surface area contributed by atoms with Crippen molar-refractivity contribution < 1.29 is 0 Å². The monoisotopic (exact) mass is 195 g/mol. The molecule has 0 aromatic carbocycles. The number of hydrogen-bond acceptors (Lipinski definition) is 3. The molecule has 70 valence electrons. The first-order chi connectivity index (χ1) is 6.42. The molecule has 1 heterocycles. The highest BCUT2D eigenvalue weighted by Gasteiger charge is 2.19. The number of hydrogen-bond donors (Lipinski definition) is 0. The van der Waals surface area contributed by atoms with Crippen LogP contribution >= 0.6 is 11.3 Å². The van der Waals surface area contributed by atoms with Crippen LogP contribution in [0.25, 0.3) is 0 Å². The van der Waals surface area contributed by atoms with Crippen LogP contribution in [0.3, 0.4) is 0 Å². The molecule has 2 rings (SSSR count). The molecule has 1 aliphatic rings. The van der Waals surface area contributed by atoms with E-state index < -0.39 is 0 Å². The van der Waals surface area contributed by atoms with Crippen LogP contribution < -0.4 is 0 Å². The summed E-state index contributed by atoms with van der Waals surface area (Å²) in [6, 6.07) is 2.07. The van der Waals surface area contributed by atoms with E-state index in [0.717, 1.165) is 0 Å². The van der Waals surface area contributed by atoms with Crippen LogP contribution in [0.15, 0.2) is 16.6 Å². The Morgan fingerprint density at radius 1 is 1.31 bits per heavy atom. The highest BCUT2D eigenvalue weighted by atomic mass is 32.1. The van der Waals surface area contributed by atoms with E-state index in [4.69, 9.17) is 0 Å². The molecule has 1 fully saturated rings. The average Bonchev–Trinajstić information content (AvgIpc) is 2.67. The van der Waals surface area contributed by atoms with Gasteiger partial charge in [0.05, 0.1) is 0 Å². The molecule has 0 amide bonds. The van der Waals surface area contributed by atoms with Crippen LogP contribution in [-0.4, -0.2) is 0 Å². The zero-order chi connectivity index (χ0) is 9.10. The van der Waals surface area contributed by atoms with Gasteiger partial charge in [-0.15, -0.1) is 16.2 Å². The van der Waals surface area contributed by atoms with Crippen molar-refractivity contribution in [1.82, 2.24) is 0 Å². The Kier molecular flexibility index (Phi) is 2.74. The van der Waals surface area contributed by atoms with E-state index in [1.807, 2.05) is 5.38 Å². The van der Waals surface area contributed by atoms with Crippen molar-refractivity contribution in [1.29, 1.82) is 0 Å². The number of thiophene rings is 1. The molecule has 1 aliphatic carbocycles. The maximum absolute atomic E-state index is 10.5. The molecule has 0 unspecified atom stereocenters. The van der Waals surface area contributed by atoms with Crippen molar-refractivity contribution in [3.05, 3.63) is 21.9 Å². The molecular weight excluding hydrogens is 182 g/mol. The molecule has 0 spiro atoms. The Balaban J connectivity index is 2.17. The molecule has 0 saturated heterocycles. The Bertz CT molecular complexity index is 289. The van der Waals surface area contributed by atoms with Gasteiger partial charge in [0.2, 0.25) is 0 Å². The molecule has 0 aliphatic heterocycles. The van der Waals surface area contributed by atoms with Crippen molar-refractivity contribution in [2.24, 2.45) is 5.18 Å². The third-order valence-electron chi connectivity index (χ3n) is 2.80. The molecule has 3 heteroatoms. The van der Waals surface area contributed by atoms with Gasteiger partial charge in [0.15, 0.2) is 5.00 Å². The number of nitroso groups, excluding NO2 is 1. The van der Waals surface area contributed by atoms with Crippen LogP contribution in [0.5, 0.6) is 0 Å². The standard InChI is InChI=1S/C10H13NOS/c12-11-10-9(6-7-13-10)8-4-2-1-3-5-8/h6-8H,1-5H2. The summed E-state index contributed by atoms with van der Waals surface area (Å²) in [5, 5.41) is 5.75. The maximum Gasteiger partial charge on any atom is 0.164 e. The third-order valence-corrected chi connectivity index (χ3v) is 3.61. The maximum atomic E-state index is 10.5. The Morgan fingerprint density at radius 3 is 2.77 bits per heavy atom. The summed E-state index contributed by atoms with van der Waals surface area (Å²) in [4.78, 5) is 10.5. The predicted octanol–water partition coefficient (Wildman–Crippen LogP) is 4.19. The Hall–Kier alpha value is -0.700. The lowest BCUT2D eigenvalue weighted by Crippen LogP contribution is -2.03. The Morgan fingerprint density at radius 2 is 2.08 bits per heavy atom. The fourth-order valence-corrected chi connectivity index (χ4v) is 2.87. The lowest BCUT2D eigenvalue weighted by molar-refractivity contribution is 0.445. The molecule has 13 heavy (non-hydrogen) atoms. The van der Waals surface area contributed by atoms with E-state index in [1.54, 1.807) is 0 Å². The van der Waals surface area contributed by atoms with E-state index in [9.17, 15) is 4.91 Å². The van der Waals surface area contributed by atoms with Gasteiger partial charge in [-0.25, -0.2) is 0 Å². The van der Waals surface area contributed by atoms with Crippen molar-refractivity contribution in [2.45, 2.75) is 38.0 Å².